The summed E-state index contributed by atoms with van der Waals surface area (Å²) in [5, 5.41) is 0. The number of allylic oxidation sites excluding steroid dienone is 1. The second-order valence-corrected chi connectivity index (χ2v) is 10.4. The summed E-state index contributed by atoms with van der Waals surface area (Å²) in [6.07, 6.45) is 1.66. The third kappa shape index (κ3) is 2.41. The third-order valence-corrected chi connectivity index (χ3v) is 3.89. The average molecular weight is 260 g/mol. The number of rotatable bonds is 3. The number of fused-ring (bicyclic) bond motifs is 1. The molecule has 0 bridgehead atoms. The average Bonchev–Trinajstić information content (AvgIpc) is 2.55. The quantitative estimate of drug-likeness (QED) is 0.613. The van der Waals surface area contributed by atoms with E-state index in [0.29, 0.717) is 6.42 Å². The standard InChI is InChI=1S/C15H20O2Si/c1-10-6-11(2)13-8-12(9-16)15(14(13)7-10)17-18(3,4)5/h6-7,9H,8H2,1-5H3. The molecule has 0 N–H and O–H groups in total. The molecule has 0 radical (unpaired) electrons. The molecule has 1 aromatic carbocycles. The van der Waals surface area contributed by atoms with Crippen molar-refractivity contribution in [1.82, 2.24) is 0 Å². The van der Waals surface area contributed by atoms with Crippen LogP contribution in [0.15, 0.2) is 17.7 Å². The first-order valence-electron chi connectivity index (χ1n) is 6.29. The summed E-state index contributed by atoms with van der Waals surface area (Å²) in [6.45, 7) is 10.6. The molecule has 0 amide bonds. The molecular formula is C15H20O2Si. The van der Waals surface area contributed by atoms with Crippen LogP contribution in [0.3, 0.4) is 0 Å². The van der Waals surface area contributed by atoms with Crippen molar-refractivity contribution in [3.63, 3.8) is 0 Å². The van der Waals surface area contributed by atoms with Crippen LogP contribution in [0.1, 0.15) is 22.3 Å². The van der Waals surface area contributed by atoms with E-state index in [1.54, 1.807) is 0 Å². The summed E-state index contributed by atoms with van der Waals surface area (Å²) in [7, 11) is -1.70. The number of hydrogen-bond donors (Lipinski definition) is 0. The molecule has 0 saturated carbocycles. The highest BCUT2D eigenvalue weighted by atomic mass is 28.4. The molecule has 0 atom stereocenters. The van der Waals surface area contributed by atoms with Crippen molar-refractivity contribution in [1.29, 1.82) is 0 Å². The molecule has 2 nitrogen and oxygen atoms in total. The Bertz CT molecular complexity index is 536. The van der Waals surface area contributed by atoms with E-state index in [-0.39, 0.29) is 0 Å². The zero-order valence-electron chi connectivity index (χ0n) is 11.8. The van der Waals surface area contributed by atoms with E-state index in [9.17, 15) is 4.79 Å². The van der Waals surface area contributed by atoms with Gasteiger partial charge in [-0.15, -0.1) is 0 Å². The van der Waals surface area contributed by atoms with Gasteiger partial charge in [0.25, 0.3) is 0 Å². The van der Waals surface area contributed by atoms with Crippen LogP contribution in [-0.2, 0) is 15.6 Å². The Morgan fingerprint density at radius 3 is 2.44 bits per heavy atom. The van der Waals surface area contributed by atoms with Gasteiger partial charge in [0.2, 0.25) is 8.32 Å². The molecule has 0 saturated heterocycles. The van der Waals surface area contributed by atoms with Crippen LogP contribution in [-0.4, -0.2) is 14.6 Å². The van der Waals surface area contributed by atoms with Gasteiger partial charge in [-0.25, -0.2) is 0 Å². The summed E-state index contributed by atoms with van der Waals surface area (Å²) in [6, 6.07) is 4.30. The Hall–Kier alpha value is -1.35. The van der Waals surface area contributed by atoms with Gasteiger partial charge in [0.1, 0.15) is 12.0 Å². The van der Waals surface area contributed by atoms with E-state index < -0.39 is 8.32 Å². The molecule has 0 aromatic heterocycles. The second-order valence-electron chi connectivity index (χ2n) is 5.97. The highest BCUT2D eigenvalue weighted by molar-refractivity contribution is 6.70. The van der Waals surface area contributed by atoms with Crippen LogP contribution in [0.25, 0.3) is 5.76 Å². The van der Waals surface area contributed by atoms with Crippen LogP contribution in [0, 0.1) is 13.8 Å². The van der Waals surface area contributed by atoms with Crippen LogP contribution < -0.4 is 0 Å². The lowest BCUT2D eigenvalue weighted by atomic mass is 10.0. The van der Waals surface area contributed by atoms with Gasteiger partial charge in [0.15, 0.2) is 0 Å². The molecule has 0 fully saturated rings. The summed E-state index contributed by atoms with van der Waals surface area (Å²) in [4.78, 5) is 11.2. The molecule has 3 heteroatoms. The van der Waals surface area contributed by atoms with Crippen molar-refractivity contribution in [2.24, 2.45) is 0 Å². The minimum absolute atomic E-state index is 0.713. The molecule has 0 spiro atoms. The summed E-state index contributed by atoms with van der Waals surface area (Å²) in [5.41, 5.74) is 5.63. The maximum atomic E-state index is 11.2. The predicted octanol–water partition coefficient (Wildman–Crippen LogP) is 3.62. The van der Waals surface area contributed by atoms with Crippen molar-refractivity contribution in [2.45, 2.75) is 39.9 Å². The van der Waals surface area contributed by atoms with E-state index >= 15 is 0 Å². The van der Waals surface area contributed by atoms with Crippen molar-refractivity contribution in [3.05, 3.63) is 40.0 Å². The zero-order valence-corrected chi connectivity index (χ0v) is 12.8. The molecule has 1 aromatic rings. The van der Waals surface area contributed by atoms with Crippen LogP contribution in [0.2, 0.25) is 19.6 Å². The Balaban J connectivity index is 2.54. The topological polar surface area (TPSA) is 26.3 Å². The summed E-state index contributed by atoms with van der Waals surface area (Å²) < 4.78 is 6.13. The first-order chi connectivity index (χ1) is 8.31. The molecule has 0 aliphatic heterocycles. The van der Waals surface area contributed by atoms with Gasteiger partial charge in [0, 0.05) is 17.6 Å². The lowest BCUT2D eigenvalue weighted by Crippen LogP contribution is -2.24. The van der Waals surface area contributed by atoms with Crippen LogP contribution >= 0.6 is 0 Å². The maximum Gasteiger partial charge on any atom is 0.242 e. The molecule has 0 heterocycles. The van der Waals surface area contributed by atoms with Gasteiger partial charge < -0.3 is 4.43 Å². The molecular weight excluding hydrogens is 240 g/mol. The Kier molecular flexibility index (Phi) is 3.19. The van der Waals surface area contributed by atoms with E-state index in [4.69, 9.17) is 4.43 Å². The van der Waals surface area contributed by atoms with E-state index in [0.717, 1.165) is 23.2 Å². The molecule has 96 valence electrons. The minimum Gasteiger partial charge on any atom is -0.544 e. The fraction of sp³-hybridized carbons (Fsp3) is 0.400. The number of carbonyl (C=O) groups is 1. The van der Waals surface area contributed by atoms with Crippen molar-refractivity contribution < 1.29 is 9.22 Å². The van der Waals surface area contributed by atoms with Gasteiger partial charge in [0.05, 0.1) is 0 Å². The fourth-order valence-corrected chi connectivity index (χ4v) is 3.25. The molecule has 1 aliphatic carbocycles. The molecule has 1 aliphatic rings. The Morgan fingerprint density at radius 1 is 1.22 bits per heavy atom. The number of hydrogen-bond acceptors (Lipinski definition) is 2. The largest absolute Gasteiger partial charge is 0.544 e. The summed E-state index contributed by atoms with van der Waals surface area (Å²) >= 11 is 0. The van der Waals surface area contributed by atoms with E-state index in [1.807, 2.05) is 0 Å². The second kappa shape index (κ2) is 4.39. The Labute approximate surface area is 110 Å². The van der Waals surface area contributed by atoms with Crippen molar-refractivity contribution in [3.8, 4) is 0 Å². The minimum atomic E-state index is -1.70. The van der Waals surface area contributed by atoms with Gasteiger partial charge in [-0.3, -0.25) is 4.79 Å². The number of aryl methyl sites for hydroxylation is 2. The highest BCUT2D eigenvalue weighted by Crippen LogP contribution is 2.37. The maximum absolute atomic E-state index is 11.2. The lowest BCUT2D eigenvalue weighted by molar-refractivity contribution is -0.104. The highest BCUT2D eigenvalue weighted by Gasteiger charge is 2.28. The first kappa shape index (κ1) is 13.1. The predicted molar refractivity (Wildman–Crippen MR) is 77.0 cm³/mol. The SMILES string of the molecule is Cc1cc(C)c2c(c1)C(O[Si](C)(C)C)=C(C=O)C2. The first-order valence-corrected chi connectivity index (χ1v) is 9.70. The molecule has 0 unspecified atom stereocenters. The molecule has 2 rings (SSSR count). The monoisotopic (exact) mass is 260 g/mol. The fourth-order valence-electron chi connectivity index (χ4n) is 2.40. The van der Waals surface area contributed by atoms with Gasteiger partial charge in [-0.05, 0) is 50.7 Å². The van der Waals surface area contributed by atoms with Crippen LogP contribution in [0.5, 0.6) is 0 Å². The van der Waals surface area contributed by atoms with Gasteiger partial charge in [-0.1, -0.05) is 11.6 Å². The van der Waals surface area contributed by atoms with Crippen molar-refractivity contribution in [2.75, 3.05) is 0 Å². The zero-order chi connectivity index (χ0) is 13.5. The van der Waals surface area contributed by atoms with Gasteiger partial charge >= 0.3 is 0 Å². The number of carbonyl (C=O) groups excluding carboxylic acids is 1. The van der Waals surface area contributed by atoms with Gasteiger partial charge in [-0.2, -0.15) is 0 Å². The van der Waals surface area contributed by atoms with E-state index in [1.165, 1.54) is 16.7 Å². The number of benzene rings is 1. The van der Waals surface area contributed by atoms with Crippen molar-refractivity contribution >= 4 is 20.4 Å². The number of aldehydes is 1. The molecule has 18 heavy (non-hydrogen) atoms. The normalized spacial score (nSPS) is 14.7. The van der Waals surface area contributed by atoms with E-state index in [2.05, 4.69) is 45.6 Å². The third-order valence-electron chi connectivity index (χ3n) is 3.07. The smallest absolute Gasteiger partial charge is 0.242 e. The Morgan fingerprint density at radius 2 is 1.89 bits per heavy atom. The van der Waals surface area contributed by atoms with Crippen LogP contribution in [0.4, 0.5) is 0 Å². The lowest BCUT2D eigenvalue weighted by Gasteiger charge is -2.22. The summed E-state index contributed by atoms with van der Waals surface area (Å²) in [5.74, 6) is 0.825.